The largest absolute Gasteiger partial charge is 0.481 e. The first kappa shape index (κ1) is 12.2. The highest BCUT2D eigenvalue weighted by Crippen LogP contribution is 2.09. The standard InChI is InChI=1S/C11H20O2/c1-3-4-5-6-7-8-9-10(2)11(12)13/h4-5,10H,3,6-9H2,1-2H3,(H,12,13)/b5-4-. The summed E-state index contributed by atoms with van der Waals surface area (Å²) in [6, 6.07) is 0. The zero-order valence-electron chi connectivity index (χ0n) is 8.62. The van der Waals surface area contributed by atoms with Crippen molar-refractivity contribution >= 4 is 5.97 Å². The fourth-order valence-electron chi connectivity index (χ4n) is 1.12. The molecular formula is C11H20O2. The molecule has 13 heavy (non-hydrogen) atoms. The molecular weight excluding hydrogens is 164 g/mol. The van der Waals surface area contributed by atoms with Gasteiger partial charge in [-0.15, -0.1) is 0 Å². The van der Waals surface area contributed by atoms with Crippen molar-refractivity contribution in [2.24, 2.45) is 5.92 Å². The molecule has 1 unspecified atom stereocenters. The molecule has 0 aromatic rings. The van der Waals surface area contributed by atoms with Crippen LogP contribution in [-0.4, -0.2) is 11.1 Å². The van der Waals surface area contributed by atoms with Gasteiger partial charge in [0.2, 0.25) is 0 Å². The van der Waals surface area contributed by atoms with E-state index in [1.807, 2.05) is 0 Å². The van der Waals surface area contributed by atoms with E-state index in [-0.39, 0.29) is 5.92 Å². The number of allylic oxidation sites excluding steroid dienone is 2. The fraction of sp³-hybridized carbons (Fsp3) is 0.727. The van der Waals surface area contributed by atoms with Gasteiger partial charge in [0.15, 0.2) is 0 Å². The van der Waals surface area contributed by atoms with Crippen molar-refractivity contribution in [3.05, 3.63) is 12.2 Å². The Kier molecular flexibility index (Phi) is 7.36. The van der Waals surface area contributed by atoms with E-state index >= 15 is 0 Å². The van der Waals surface area contributed by atoms with Gasteiger partial charge in [-0.2, -0.15) is 0 Å². The lowest BCUT2D eigenvalue weighted by molar-refractivity contribution is -0.141. The number of hydrogen-bond donors (Lipinski definition) is 1. The Morgan fingerprint density at radius 3 is 2.62 bits per heavy atom. The molecule has 0 amide bonds. The molecule has 0 heterocycles. The van der Waals surface area contributed by atoms with Gasteiger partial charge in [0.05, 0.1) is 5.92 Å². The van der Waals surface area contributed by atoms with E-state index in [1.165, 1.54) is 0 Å². The third-order valence-corrected chi connectivity index (χ3v) is 2.08. The molecule has 0 aromatic carbocycles. The van der Waals surface area contributed by atoms with Gasteiger partial charge in [-0.3, -0.25) is 4.79 Å². The van der Waals surface area contributed by atoms with Gasteiger partial charge >= 0.3 is 5.97 Å². The maximum atomic E-state index is 10.5. The Labute approximate surface area is 80.7 Å². The molecule has 0 saturated heterocycles. The Bertz CT molecular complexity index is 161. The normalized spacial score (nSPS) is 13.4. The highest BCUT2D eigenvalue weighted by Gasteiger charge is 2.08. The van der Waals surface area contributed by atoms with E-state index in [1.54, 1.807) is 6.92 Å². The summed E-state index contributed by atoms with van der Waals surface area (Å²) >= 11 is 0. The molecule has 0 aliphatic carbocycles. The second kappa shape index (κ2) is 7.84. The van der Waals surface area contributed by atoms with E-state index in [2.05, 4.69) is 19.1 Å². The summed E-state index contributed by atoms with van der Waals surface area (Å²) < 4.78 is 0. The maximum absolute atomic E-state index is 10.5. The predicted molar refractivity (Wildman–Crippen MR) is 54.7 cm³/mol. The SMILES string of the molecule is CC/C=C\CCCCC(C)C(=O)O. The maximum Gasteiger partial charge on any atom is 0.306 e. The zero-order valence-corrected chi connectivity index (χ0v) is 8.62. The average Bonchev–Trinajstić information content (AvgIpc) is 2.10. The van der Waals surface area contributed by atoms with Crippen molar-refractivity contribution in [2.75, 3.05) is 0 Å². The smallest absolute Gasteiger partial charge is 0.306 e. The molecule has 0 aliphatic heterocycles. The van der Waals surface area contributed by atoms with Gasteiger partial charge in [0.1, 0.15) is 0 Å². The van der Waals surface area contributed by atoms with Crippen LogP contribution >= 0.6 is 0 Å². The van der Waals surface area contributed by atoms with Crippen LogP contribution < -0.4 is 0 Å². The topological polar surface area (TPSA) is 37.3 Å². The van der Waals surface area contributed by atoms with Gasteiger partial charge in [0, 0.05) is 0 Å². The lowest BCUT2D eigenvalue weighted by Gasteiger charge is -2.03. The summed E-state index contributed by atoms with van der Waals surface area (Å²) in [5.41, 5.74) is 0. The first-order valence-electron chi connectivity index (χ1n) is 5.06. The summed E-state index contributed by atoms with van der Waals surface area (Å²) in [5, 5.41) is 8.61. The van der Waals surface area contributed by atoms with E-state index in [0.717, 1.165) is 32.1 Å². The van der Waals surface area contributed by atoms with Gasteiger partial charge in [-0.25, -0.2) is 0 Å². The number of unbranched alkanes of at least 4 members (excludes halogenated alkanes) is 2. The summed E-state index contributed by atoms with van der Waals surface area (Å²) in [5.74, 6) is -0.862. The van der Waals surface area contributed by atoms with E-state index in [4.69, 9.17) is 5.11 Å². The minimum absolute atomic E-state index is 0.185. The van der Waals surface area contributed by atoms with Crippen molar-refractivity contribution < 1.29 is 9.90 Å². The monoisotopic (exact) mass is 184 g/mol. The van der Waals surface area contributed by atoms with E-state index < -0.39 is 5.97 Å². The first-order valence-corrected chi connectivity index (χ1v) is 5.06. The van der Waals surface area contributed by atoms with Crippen LogP contribution in [0.3, 0.4) is 0 Å². The van der Waals surface area contributed by atoms with Crippen LogP contribution in [0.25, 0.3) is 0 Å². The molecule has 2 heteroatoms. The highest BCUT2D eigenvalue weighted by atomic mass is 16.4. The van der Waals surface area contributed by atoms with E-state index in [9.17, 15) is 4.79 Å². The predicted octanol–water partition coefficient (Wildman–Crippen LogP) is 3.23. The summed E-state index contributed by atoms with van der Waals surface area (Å²) in [6.07, 6.45) is 9.42. The minimum atomic E-state index is -0.677. The lowest BCUT2D eigenvalue weighted by Crippen LogP contribution is -2.08. The molecule has 0 fully saturated rings. The van der Waals surface area contributed by atoms with Crippen molar-refractivity contribution in [3.63, 3.8) is 0 Å². The molecule has 0 rings (SSSR count). The molecule has 76 valence electrons. The fourth-order valence-corrected chi connectivity index (χ4v) is 1.12. The molecule has 0 saturated carbocycles. The third kappa shape index (κ3) is 7.57. The average molecular weight is 184 g/mol. The second-order valence-corrected chi connectivity index (χ2v) is 3.40. The van der Waals surface area contributed by atoms with Crippen molar-refractivity contribution in [1.82, 2.24) is 0 Å². The van der Waals surface area contributed by atoms with Crippen LogP contribution in [0, 0.1) is 5.92 Å². The highest BCUT2D eigenvalue weighted by molar-refractivity contribution is 5.69. The molecule has 1 atom stereocenters. The Hall–Kier alpha value is -0.790. The molecule has 1 N–H and O–H groups in total. The van der Waals surface area contributed by atoms with Crippen molar-refractivity contribution in [1.29, 1.82) is 0 Å². The Morgan fingerprint density at radius 1 is 1.38 bits per heavy atom. The van der Waals surface area contributed by atoms with Crippen LogP contribution in [0.1, 0.15) is 46.0 Å². The third-order valence-electron chi connectivity index (χ3n) is 2.08. The Morgan fingerprint density at radius 2 is 2.08 bits per heavy atom. The first-order chi connectivity index (χ1) is 6.18. The minimum Gasteiger partial charge on any atom is -0.481 e. The number of carbonyl (C=O) groups is 1. The van der Waals surface area contributed by atoms with Crippen molar-refractivity contribution in [2.45, 2.75) is 46.0 Å². The van der Waals surface area contributed by atoms with Gasteiger partial charge in [0.25, 0.3) is 0 Å². The summed E-state index contributed by atoms with van der Waals surface area (Å²) in [7, 11) is 0. The molecule has 2 nitrogen and oxygen atoms in total. The van der Waals surface area contributed by atoms with Crippen molar-refractivity contribution in [3.8, 4) is 0 Å². The number of carboxylic acids is 1. The molecule has 0 radical (unpaired) electrons. The quantitative estimate of drug-likeness (QED) is 0.487. The number of carboxylic acid groups (broad SMARTS) is 1. The second-order valence-electron chi connectivity index (χ2n) is 3.40. The number of rotatable bonds is 7. The van der Waals surface area contributed by atoms with E-state index in [0.29, 0.717) is 0 Å². The molecule has 0 spiro atoms. The molecule has 0 aromatic heterocycles. The van der Waals surface area contributed by atoms with Gasteiger partial charge in [-0.05, 0) is 25.7 Å². The van der Waals surface area contributed by atoms with Gasteiger partial charge < -0.3 is 5.11 Å². The molecule has 0 bridgehead atoms. The summed E-state index contributed by atoms with van der Waals surface area (Å²) in [6.45, 7) is 3.88. The van der Waals surface area contributed by atoms with Crippen LogP contribution in [0.15, 0.2) is 12.2 Å². The van der Waals surface area contributed by atoms with Crippen LogP contribution in [-0.2, 0) is 4.79 Å². The lowest BCUT2D eigenvalue weighted by atomic mass is 10.0. The van der Waals surface area contributed by atoms with Crippen LogP contribution in [0.5, 0.6) is 0 Å². The van der Waals surface area contributed by atoms with Crippen LogP contribution in [0.4, 0.5) is 0 Å². The number of aliphatic carboxylic acids is 1. The zero-order chi connectivity index (χ0) is 10.1. The summed E-state index contributed by atoms with van der Waals surface area (Å²) in [4.78, 5) is 10.5. The van der Waals surface area contributed by atoms with Gasteiger partial charge in [-0.1, -0.05) is 32.4 Å². The number of hydrogen-bond acceptors (Lipinski definition) is 1. The Balaban J connectivity index is 3.25. The van der Waals surface area contributed by atoms with Crippen LogP contribution in [0.2, 0.25) is 0 Å². The molecule has 0 aliphatic rings.